The van der Waals surface area contributed by atoms with Gasteiger partial charge in [-0.3, -0.25) is 19.2 Å². The van der Waals surface area contributed by atoms with E-state index in [1.807, 2.05) is 24.3 Å². The smallest absolute Gasteiger partial charge is 0.219 e. The third-order valence-corrected chi connectivity index (χ3v) is 7.55. The zero-order chi connectivity index (χ0) is 26.7. The summed E-state index contributed by atoms with van der Waals surface area (Å²) >= 11 is 0. The van der Waals surface area contributed by atoms with Crippen LogP contribution in [0.3, 0.4) is 0 Å². The van der Waals surface area contributed by atoms with Gasteiger partial charge in [0.2, 0.25) is 11.8 Å². The summed E-state index contributed by atoms with van der Waals surface area (Å²) in [6.07, 6.45) is 3.97. The molecule has 0 saturated carbocycles. The number of hydrogen-bond donors (Lipinski definition) is 2. The molecule has 0 aromatic heterocycles. The van der Waals surface area contributed by atoms with Crippen LogP contribution in [0.2, 0.25) is 0 Å². The van der Waals surface area contributed by atoms with Gasteiger partial charge >= 0.3 is 0 Å². The molecule has 0 fully saturated rings. The molecule has 0 aliphatic heterocycles. The highest BCUT2D eigenvalue weighted by Crippen LogP contribution is 2.36. The Hall–Kier alpha value is -3.28. The summed E-state index contributed by atoms with van der Waals surface area (Å²) in [7, 11) is 3.27. The minimum Gasteiger partial charge on any atom is -0.359 e. The molecule has 6 heteroatoms. The van der Waals surface area contributed by atoms with Crippen LogP contribution < -0.4 is 10.6 Å². The topological polar surface area (TPSA) is 92.3 Å². The molecule has 3 rings (SSSR count). The second-order valence-corrected chi connectivity index (χ2v) is 11.0. The minimum atomic E-state index is -0.241. The molecule has 0 radical (unpaired) electrons. The number of fused-ring (bicyclic) bond motifs is 2. The number of ketones is 2. The summed E-state index contributed by atoms with van der Waals surface area (Å²) in [6, 6.07) is 11.1. The van der Waals surface area contributed by atoms with Gasteiger partial charge in [-0.15, -0.1) is 0 Å². The van der Waals surface area contributed by atoms with Crippen molar-refractivity contribution < 1.29 is 19.2 Å². The monoisotopic (exact) mass is 490 g/mol. The molecule has 1 aliphatic rings. The van der Waals surface area contributed by atoms with Crippen molar-refractivity contribution in [2.75, 3.05) is 14.1 Å². The number of carbonyl (C=O) groups excluding carboxylic acids is 4. The van der Waals surface area contributed by atoms with Crippen molar-refractivity contribution in [3.63, 3.8) is 0 Å². The van der Waals surface area contributed by atoms with Crippen molar-refractivity contribution >= 4 is 23.4 Å². The highest BCUT2D eigenvalue weighted by atomic mass is 16.2. The largest absolute Gasteiger partial charge is 0.359 e. The Morgan fingerprint density at radius 2 is 1.00 bits per heavy atom. The Kier molecular flexibility index (Phi) is 8.17. The van der Waals surface area contributed by atoms with Gasteiger partial charge in [-0.25, -0.2) is 0 Å². The summed E-state index contributed by atoms with van der Waals surface area (Å²) in [5.41, 5.74) is 3.25. The molecule has 0 atom stereocenters. The molecule has 2 amide bonds. The first kappa shape index (κ1) is 27.3. The lowest BCUT2D eigenvalue weighted by atomic mass is 9.74. The molecule has 2 aromatic rings. The Morgan fingerprint density at radius 1 is 0.639 bits per heavy atom. The van der Waals surface area contributed by atoms with Crippen molar-refractivity contribution in [1.82, 2.24) is 10.6 Å². The van der Waals surface area contributed by atoms with E-state index in [9.17, 15) is 19.2 Å². The zero-order valence-electron chi connectivity index (χ0n) is 22.3. The summed E-state index contributed by atoms with van der Waals surface area (Å²) in [5, 5.41) is 5.29. The maximum atomic E-state index is 13.5. The molecular formula is C30H38N2O4. The maximum absolute atomic E-state index is 13.5. The number of carbonyl (C=O) groups is 4. The lowest BCUT2D eigenvalue weighted by molar-refractivity contribution is -0.121. The molecule has 1 aliphatic carbocycles. The highest BCUT2D eigenvalue weighted by molar-refractivity contribution is 6.28. The molecule has 2 aromatic carbocycles. The normalized spacial score (nSPS) is 13.2. The van der Waals surface area contributed by atoms with Crippen molar-refractivity contribution in [3.05, 3.63) is 69.8 Å². The predicted octanol–water partition coefficient (Wildman–Crippen LogP) is 4.85. The SMILES string of the molecule is CNC(=O)CCCC(C)(C)c1ccc2c(c1)C(=O)c1ccc(C(C)(C)CCCC(=O)NC)cc1C2=O. The maximum Gasteiger partial charge on any atom is 0.219 e. The average molecular weight is 491 g/mol. The average Bonchev–Trinajstić information content (AvgIpc) is 2.86. The third kappa shape index (κ3) is 5.75. The molecule has 0 unspecified atom stereocenters. The van der Waals surface area contributed by atoms with Crippen LogP contribution in [0.15, 0.2) is 36.4 Å². The van der Waals surface area contributed by atoms with Gasteiger partial charge in [0, 0.05) is 49.2 Å². The van der Waals surface area contributed by atoms with Crippen LogP contribution in [-0.4, -0.2) is 37.5 Å². The quantitative estimate of drug-likeness (QED) is 0.425. The van der Waals surface area contributed by atoms with E-state index in [2.05, 4.69) is 38.3 Å². The third-order valence-electron chi connectivity index (χ3n) is 7.55. The van der Waals surface area contributed by atoms with Crippen LogP contribution >= 0.6 is 0 Å². The second-order valence-electron chi connectivity index (χ2n) is 11.0. The minimum absolute atomic E-state index is 0.0163. The van der Waals surface area contributed by atoms with Crippen molar-refractivity contribution in [2.45, 2.75) is 77.0 Å². The van der Waals surface area contributed by atoms with Gasteiger partial charge in [0.25, 0.3) is 0 Å². The Balaban J connectivity index is 1.85. The number of hydrogen-bond acceptors (Lipinski definition) is 4. The van der Waals surface area contributed by atoms with Gasteiger partial charge in [0.1, 0.15) is 0 Å². The second kappa shape index (κ2) is 10.8. The fourth-order valence-corrected chi connectivity index (χ4v) is 4.91. The molecule has 0 spiro atoms. The number of benzene rings is 2. The van der Waals surface area contributed by atoms with E-state index in [4.69, 9.17) is 0 Å². The van der Waals surface area contributed by atoms with E-state index in [-0.39, 0.29) is 34.2 Å². The summed E-state index contributed by atoms with van der Waals surface area (Å²) in [6.45, 7) is 8.39. The van der Waals surface area contributed by atoms with Crippen LogP contribution in [0.4, 0.5) is 0 Å². The van der Waals surface area contributed by atoms with Crippen LogP contribution in [0, 0.1) is 0 Å². The van der Waals surface area contributed by atoms with E-state index in [1.165, 1.54) is 0 Å². The van der Waals surface area contributed by atoms with Gasteiger partial charge in [0.15, 0.2) is 11.6 Å². The molecule has 36 heavy (non-hydrogen) atoms. The Labute approximate surface area is 214 Å². The van der Waals surface area contributed by atoms with Crippen molar-refractivity contribution in [3.8, 4) is 0 Å². The number of nitrogens with one attached hydrogen (secondary N) is 2. The van der Waals surface area contributed by atoms with Crippen LogP contribution in [0.1, 0.15) is 109 Å². The first-order valence-corrected chi connectivity index (χ1v) is 12.7. The standard InChI is InChI=1S/C30H38N2O4/c1-29(2,15-7-9-25(33)31-5)19-11-13-21-23(17-19)27(35)22-14-12-20(18-24(22)28(21)36)30(3,4)16-8-10-26(34)32-6/h11-14,17-18H,7-10,15-16H2,1-6H3,(H,31,33)(H,32,34). The van der Waals surface area contributed by atoms with Gasteiger partial charge in [-0.05, 0) is 71.9 Å². The van der Waals surface area contributed by atoms with Crippen LogP contribution in [0.25, 0.3) is 0 Å². The molecule has 192 valence electrons. The molecular weight excluding hydrogens is 452 g/mol. The molecule has 0 saturated heterocycles. The fraction of sp³-hybridized carbons (Fsp3) is 0.467. The summed E-state index contributed by atoms with van der Waals surface area (Å²) in [5.74, 6) is -0.233. The molecule has 6 nitrogen and oxygen atoms in total. The van der Waals surface area contributed by atoms with Crippen molar-refractivity contribution in [2.24, 2.45) is 0 Å². The Morgan fingerprint density at radius 3 is 1.33 bits per heavy atom. The number of rotatable bonds is 10. The molecule has 2 N–H and O–H groups in total. The van der Waals surface area contributed by atoms with E-state index in [0.29, 0.717) is 35.1 Å². The van der Waals surface area contributed by atoms with Gasteiger partial charge in [-0.2, -0.15) is 0 Å². The first-order chi connectivity index (χ1) is 16.9. The van der Waals surface area contributed by atoms with E-state index in [0.717, 1.165) is 36.8 Å². The van der Waals surface area contributed by atoms with E-state index in [1.54, 1.807) is 26.2 Å². The lowest BCUT2D eigenvalue weighted by Gasteiger charge is -2.29. The van der Waals surface area contributed by atoms with Crippen LogP contribution in [-0.2, 0) is 20.4 Å². The van der Waals surface area contributed by atoms with Gasteiger partial charge in [-0.1, -0.05) is 39.8 Å². The molecule has 0 bridgehead atoms. The van der Waals surface area contributed by atoms with E-state index < -0.39 is 0 Å². The Bertz CT molecular complexity index is 1100. The first-order valence-electron chi connectivity index (χ1n) is 12.7. The molecule has 0 heterocycles. The lowest BCUT2D eigenvalue weighted by Crippen LogP contribution is -2.26. The predicted molar refractivity (Wildman–Crippen MR) is 142 cm³/mol. The van der Waals surface area contributed by atoms with Crippen LogP contribution in [0.5, 0.6) is 0 Å². The zero-order valence-corrected chi connectivity index (χ0v) is 22.3. The van der Waals surface area contributed by atoms with Gasteiger partial charge in [0.05, 0.1) is 0 Å². The highest BCUT2D eigenvalue weighted by Gasteiger charge is 2.33. The van der Waals surface area contributed by atoms with E-state index >= 15 is 0 Å². The van der Waals surface area contributed by atoms with Crippen molar-refractivity contribution in [1.29, 1.82) is 0 Å². The summed E-state index contributed by atoms with van der Waals surface area (Å²) < 4.78 is 0. The van der Waals surface area contributed by atoms with Gasteiger partial charge < -0.3 is 10.6 Å². The fourth-order valence-electron chi connectivity index (χ4n) is 4.91. The summed E-state index contributed by atoms with van der Waals surface area (Å²) in [4.78, 5) is 50.1. The number of amides is 2.